The Labute approximate surface area is 507 Å². The van der Waals surface area contributed by atoms with E-state index in [2.05, 4.69) is 304 Å². The number of hydrogen-bond donors (Lipinski definition) is 0. The van der Waals surface area contributed by atoms with Crippen molar-refractivity contribution in [1.82, 2.24) is 0 Å². The normalized spacial score (nSPS) is 13.8. The van der Waals surface area contributed by atoms with Gasteiger partial charge < -0.3 is 9.80 Å². The number of anilines is 6. The Kier molecular flexibility index (Phi) is 12.2. The summed E-state index contributed by atoms with van der Waals surface area (Å²) in [6, 6.07) is 78.7. The van der Waals surface area contributed by atoms with Crippen molar-refractivity contribution in [2.75, 3.05) is 9.80 Å². The first-order chi connectivity index (χ1) is 42.4. The lowest BCUT2D eigenvalue weighted by Crippen LogP contribution is -2.61. The zero-order valence-electron chi connectivity index (χ0n) is 55.3. The molecule has 412 valence electrons. The maximum atomic E-state index is 9.60. The van der Waals surface area contributed by atoms with Crippen LogP contribution in [0.5, 0.6) is 0 Å². The monoisotopic (exact) mass is 1090 g/mol. The third kappa shape index (κ3) is 10.1. The molecule has 0 atom stereocenters. The highest BCUT2D eigenvalue weighted by Crippen LogP contribution is 2.50. The van der Waals surface area contributed by atoms with Crippen LogP contribution in [0.15, 0.2) is 249 Å². The summed E-state index contributed by atoms with van der Waals surface area (Å²) in [6.07, 6.45) is 0. The summed E-state index contributed by atoms with van der Waals surface area (Å²) < 4.78 is 46.1. The quantitative estimate of drug-likeness (QED) is 0.133. The van der Waals surface area contributed by atoms with Crippen molar-refractivity contribution in [3.8, 4) is 66.8 Å². The molecule has 0 saturated heterocycles. The van der Waals surface area contributed by atoms with Gasteiger partial charge in [0, 0.05) is 34.1 Å². The molecule has 2 nitrogen and oxygen atoms in total. The van der Waals surface area contributed by atoms with E-state index in [-0.39, 0.29) is 51.9 Å². The molecule has 84 heavy (non-hydrogen) atoms. The second-order valence-corrected chi connectivity index (χ2v) is 26.5. The molecule has 0 unspecified atom stereocenters. The summed E-state index contributed by atoms with van der Waals surface area (Å²) in [5.74, 6) is -0.113. The van der Waals surface area contributed by atoms with Gasteiger partial charge in [-0.05, 0) is 188 Å². The third-order valence-corrected chi connectivity index (χ3v) is 17.3. The van der Waals surface area contributed by atoms with E-state index < -0.39 is 12.8 Å². The number of fused-ring (bicyclic) bond motifs is 4. The van der Waals surface area contributed by atoms with Gasteiger partial charge >= 0.3 is 0 Å². The lowest BCUT2D eigenvalue weighted by molar-refractivity contribution is 0.569. The summed E-state index contributed by atoms with van der Waals surface area (Å²) in [5.41, 5.74) is 25.1. The first kappa shape index (κ1) is 48.6. The first-order valence-electron chi connectivity index (χ1n) is 32.3. The molecule has 11 aromatic carbocycles. The summed E-state index contributed by atoms with van der Waals surface area (Å²) in [4.78, 5) is 5.02. The van der Waals surface area contributed by atoms with Gasteiger partial charge in [-0.15, -0.1) is 0 Å². The summed E-state index contributed by atoms with van der Waals surface area (Å²) in [6.45, 7) is 24.6. The summed E-state index contributed by atoms with van der Waals surface area (Å²) in [7, 11) is 0. The van der Waals surface area contributed by atoms with E-state index in [0.717, 1.165) is 112 Å². The fourth-order valence-corrected chi connectivity index (χ4v) is 12.6. The molecule has 2 heterocycles. The Morgan fingerprint density at radius 1 is 0.333 bits per heavy atom. The van der Waals surface area contributed by atoms with Crippen molar-refractivity contribution in [2.24, 2.45) is 0 Å². The second-order valence-electron chi connectivity index (χ2n) is 26.5. The lowest BCUT2D eigenvalue weighted by atomic mass is 9.33. The Balaban J connectivity index is 1.21. The Hall–Kier alpha value is -8.92. The fourth-order valence-electron chi connectivity index (χ4n) is 12.6. The molecule has 0 amide bonds. The largest absolute Gasteiger partial charge is 0.311 e. The topological polar surface area (TPSA) is 6.48 Å². The average Bonchev–Trinajstić information content (AvgIpc) is 0.745. The van der Waals surface area contributed by atoms with Crippen LogP contribution in [0.3, 0.4) is 0 Å². The van der Waals surface area contributed by atoms with Gasteiger partial charge in [0.05, 0.1) is 6.85 Å². The predicted molar refractivity (Wildman–Crippen MR) is 363 cm³/mol. The molecular weight excluding hydrogens is 1010 g/mol. The van der Waals surface area contributed by atoms with Crippen LogP contribution in [-0.4, -0.2) is 6.71 Å². The zero-order valence-corrected chi connectivity index (χ0v) is 50.3. The van der Waals surface area contributed by atoms with E-state index in [9.17, 15) is 2.74 Å². The van der Waals surface area contributed by atoms with E-state index in [1.807, 2.05) is 0 Å². The highest BCUT2D eigenvalue weighted by atomic mass is 15.2. The Morgan fingerprint density at radius 2 is 0.726 bits per heavy atom. The van der Waals surface area contributed by atoms with E-state index in [1.54, 1.807) is 0 Å². The van der Waals surface area contributed by atoms with Crippen LogP contribution in [0.1, 0.15) is 111 Å². The van der Waals surface area contributed by atoms with Gasteiger partial charge in [0.1, 0.15) is 0 Å². The van der Waals surface area contributed by atoms with Crippen LogP contribution in [-0.2, 0) is 16.2 Å². The molecule has 11 aromatic rings. The highest BCUT2D eigenvalue weighted by Gasteiger charge is 2.45. The van der Waals surface area contributed by atoms with Gasteiger partial charge in [0.2, 0.25) is 0 Å². The van der Waals surface area contributed by atoms with Crippen LogP contribution in [0.2, 0.25) is 0 Å². The van der Waals surface area contributed by atoms with Gasteiger partial charge in [-0.1, -0.05) is 264 Å². The van der Waals surface area contributed by atoms with Gasteiger partial charge in [-0.2, -0.15) is 0 Å². The molecule has 3 heteroatoms. The molecule has 0 aromatic heterocycles. The molecule has 0 radical (unpaired) electrons. The lowest BCUT2D eigenvalue weighted by Gasteiger charge is -2.46. The van der Waals surface area contributed by atoms with E-state index in [0.29, 0.717) is 5.56 Å². The molecule has 0 bridgehead atoms. The van der Waals surface area contributed by atoms with Gasteiger partial charge in [-0.25, -0.2) is 0 Å². The Morgan fingerprint density at radius 3 is 1.13 bits per heavy atom. The maximum Gasteiger partial charge on any atom is 0.252 e. The third-order valence-electron chi connectivity index (χ3n) is 17.3. The van der Waals surface area contributed by atoms with Gasteiger partial charge in [0.25, 0.3) is 6.71 Å². The fraction of sp³-hybridized carbons (Fsp3) is 0.185. The van der Waals surface area contributed by atoms with Gasteiger partial charge in [0.15, 0.2) is 0 Å². The second kappa shape index (κ2) is 21.1. The van der Waals surface area contributed by atoms with E-state index in [4.69, 9.17) is 4.11 Å². The zero-order chi connectivity index (χ0) is 62.6. The van der Waals surface area contributed by atoms with Crippen molar-refractivity contribution in [3.63, 3.8) is 0 Å². The van der Waals surface area contributed by atoms with Crippen LogP contribution >= 0.6 is 0 Å². The minimum atomic E-state index is -0.411. The number of rotatable bonds is 9. The molecule has 2 aliphatic rings. The van der Waals surface area contributed by atoms with Crippen LogP contribution in [0.25, 0.3) is 66.8 Å². The molecular formula is C81H75BN2. The highest BCUT2D eigenvalue weighted by molar-refractivity contribution is 7.00. The minimum absolute atomic E-state index is 0.113. The molecule has 0 saturated carbocycles. The molecule has 2 aliphatic heterocycles. The number of benzene rings is 11. The van der Waals surface area contributed by atoms with E-state index in [1.165, 1.54) is 16.7 Å². The van der Waals surface area contributed by atoms with Crippen molar-refractivity contribution < 1.29 is 6.85 Å². The van der Waals surface area contributed by atoms with Crippen molar-refractivity contribution in [2.45, 2.75) is 98.3 Å². The maximum absolute atomic E-state index is 9.60. The van der Waals surface area contributed by atoms with Crippen LogP contribution < -0.4 is 26.2 Å². The minimum Gasteiger partial charge on any atom is -0.311 e. The van der Waals surface area contributed by atoms with E-state index >= 15 is 0 Å². The van der Waals surface area contributed by atoms with Gasteiger partial charge in [-0.3, -0.25) is 0 Å². The predicted octanol–water partition coefficient (Wildman–Crippen LogP) is 20.8. The van der Waals surface area contributed by atoms with Crippen LogP contribution in [0.4, 0.5) is 34.1 Å². The summed E-state index contributed by atoms with van der Waals surface area (Å²) >= 11 is 0. The smallest absolute Gasteiger partial charge is 0.252 e. The first-order valence-corrected chi connectivity index (χ1v) is 29.8. The molecule has 0 spiro atoms. The molecule has 0 aliphatic carbocycles. The summed E-state index contributed by atoms with van der Waals surface area (Å²) in [5, 5.41) is 0. The van der Waals surface area contributed by atoms with Crippen LogP contribution in [0, 0.1) is 0 Å². The SMILES string of the molecule is [2H]c1c([2H])c([2H])c(-c2cc3c(cc2C(C)C)N(c2cc(-c4ccccc4)cc(-c4ccccc4)c2)c2cc(C(C)(C)C)cc4c2B3c2ccc(-c3cc(C(C)(C)C)cc(C(C)(C)C)c3)cc2N4c2cc(-c3ccccc3)cc(-c3ccccc3)c2)c([2H])c1[2H]. The molecule has 0 fully saturated rings. The van der Waals surface area contributed by atoms with Crippen molar-refractivity contribution >= 4 is 57.2 Å². The standard InChI is InChI=1S/C81H75BN2/c1-53(2)70-52-75-73(51-71(70)58-35-25-16-26-36-58)82-72-38-37-59(64-41-65(79(3,4)5)48-66(42-64)80(6,7)8)47-74(72)83(68-43-60(54-27-17-12-18-28-54)39-61(44-68)55-29-19-13-20-30-55)76-49-67(81(9,10)11)50-77(78(76)82)84(75)69-45-62(56-31-21-14-22-32-56)40-63(46-69)57-33-23-15-24-34-57/h12-53H,1-11H3/i16D,25D,26D,35D,36D. The Bertz CT molecular complexity index is 4400. The number of nitrogens with zero attached hydrogens (tertiary/aromatic N) is 2. The molecule has 13 rings (SSSR count). The van der Waals surface area contributed by atoms with Crippen molar-refractivity contribution in [1.29, 1.82) is 0 Å². The average molecular weight is 1090 g/mol. The molecule has 0 N–H and O–H groups in total. The van der Waals surface area contributed by atoms with Crippen molar-refractivity contribution in [3.05, 3.63) is 271 Å². The number of hydrogen-bond acceptors (Lipinski definition) is 2.